The third-order valence-electron chi connectivity index (χ3n) is 3.73. The molecule has 2 N–H and O–H groups in total. The molecule has 2 aromatic carbocycles. The second-order valence-electron chi connectivity index (χ2n) is 5.09. The van der Waals surface area contributed by atoms with Crippen LogP contribution in [0.25, 0.3) is 0 Å². The first-order valence-electron chi connectivity index (χ1n) is 7.07. The summed E-state index contributed by atoms with van der Waals surface area (Å²) in [6, 6.07) is 13.9. The van der Waals surface area contributed by atoms with Crippen LogP contribution in [0, 0.1) is 0 Å². The van der Waals surface area contributed by atoms with E-state index in [4.69, 9.17) is 14.6 Å². The summed E-state index contributed by atoms with van der Waals surface area (Å²) in [5, 5.41) is 12.6. The first kappa shape index (κ1) is 13.8. The largest absolute Gasteiger partial charge is 0.497 e. The Morgan fingerprint density at radius 2 is 2.05 bits per heavy atom. The van der Waals surface area contributed by atoms with E-state index in [0.717, 1.165) is 34.7 Å². The average Bonchev–Trinajstić information content (AvgIpc) is 2.55. The Kier molecular flexibility index (Phi) is 3.97. The molecule has 1 heterocycles. The Morgan fingerprint density at radius 3 is 2.76 bits per heavy atom. The van der Waals surface area contributed by atoms with Crippen molar-refractivity contribution < 1.29 is 14.6 Å². The van der Waals surface area contributed by atoms with E-state index < -0.39 is 0 Å². The number of ether oxygens (including phenoxy) is 2. The molecule has 0 amide bonds. The van der Waals surface area contributed by atoms with Crippen molar-refractivity contribution in [1.29, 1.82) is 0 Å². The van der Waals surface area contributed by atoms with Crippen molar-refractivity contribution in [2.24, 2.45) is 0 Å². The molecule has 0 fully saturated rings. The molecule has 1 aliphatic heterocycles. The zero-order chi connectivity index (χ0) is 14.7. The average molecular weight is 285 g/mol. The number of aliphatic hydroxyl groups excluding tert-OH is 1. The lowest BCUT2D eigenvalue weighted by Gasteiger charge is -2.28. The van der Waals surface area contributed by atoms with Gasteiger partial charge in [0.15, 0.2) is 0 Å². The number of nitrogens with one attached hydrogen (secondary N) is 1. The number of hydrogen-bond acceptors (Lipinski definition) is 4. The van der Waals surface area contributed by atoms with Crippen LogP contribution in [-0.4, -0.2) is 18.8 Å². The minimum Gasteiger partial charge on any atom is -0.497 e. The van der Waals surface area contributed by atoms with Gasteiger partial charge in [0.25, 0.3) is 0 Å². The highest BCUT2D eigenvalue weighted by Crippen LogP contribution is 2.36. The summed E-state index contributed by atoms with van der Waals surface area (Å²) in [6.07, 6.45) is 0.905. The lowest BCUT2D eigenvalue weighted by molar-refractivity contribution is 0.273. The van der Waals surface area contributed by atoms with Gasteiger partial charge in [-0.2, -0.15) is 0 Å². The van der Waals surface area contributed by atoms with E-state index in [2.05, 4.69) is 5.32 Å². The van der Waals surface area contributed by atoms with Gasteiger partial charge in [0.2, 0.25) is 0 Å². The molecule has 0 saturated heterocycles. The molecule has 0 aliphatic carbocycles. The number of benzene rings is 2. The quantitative estimate of drug-likeness (QED) is 0.906. The standard InChI is InChI=1S/C17H19NO3/c1-20-14-6-7-17-15(10-14)16(8-9-21-17)18-13-4-2-12(11-19)3-5-13/h2-7,10,16,18-19H,8-9,11H2,1H3. The molecule has 2 aromatic rings. The van der Waals surface area contributed by atoms with Crippen LogP contribution in [-0.2, 0) is 6.61 Å². The van der Waals surface area contributed by atoms with Gasteiger partial charge < -0.3 is 19.9 Å². The maximum atomic E-state index is 9.09. The summed E-state index contributed by atoms with van der Waals surface area (Å²) in [5.41, 5.74) is 3.06. The molecule has 0 bridgehead atoms. The van der Waals surface area contributed by atoms with Crippen LogP contribution in [0.3, 0.4) is 0 Å². The van der Waals surface area contributed by atoms with Crippen LogP contribution in [0.2, 0.25) is 0 Å². The van der Waals surface area contributed by atoms with Gasteiger partial charge in [-0.15, -0.1) is 0 Å². The van der Waals surface area contributed by atoms with Crippen molar-refractivity contribution in [3.05, 3.63) is 53.6 Å². The summed E-state index contributed by atoms with van der Waals surface area (Å²) < 4.78 is 11.0. The third kappa shape index (κ3) is 2.95. The van der Waals surface area contributed by atoms with Crippen molar-refractivity contribution in [1.82, 2.24) is 0 Å². The van der Waals surface area contributed by atoms with Crippen molar-refractivity contribution >= 4 is 5.69 Å². The summed E-state index contributed by atoms with van der Waals surface area (Å²) >= 11 is 0. The molecular weight excluding hydrogens is 266 g/mol. The molecule has 1 atom stereocenters. The third-order valence-corrected chi connectivity index (χ3v) is 3.73. The fourth-order valence-corrected chi connectivity index (χ4v) is 2.56. The Hall–Kier alpha value is -2.20. The molecular formula is C17H19NO3. The molecule has 4 heteroatoms. The SMILES string of the molecule is COc1ccc2c(c1)C(Nc1ccc(CO)cc1)CCO2. The summed E-state index contributed by atoms with van der Waals surface area (Å²) in [4.78, 5) is 0. The molecule has 0 spiro atoms. The van der Waals surface area contributed by atoms with Crippen LogP contribution in [0.5, 0.6) is 11.5 Å². The summed E-state index contributed by atoms with van der Waals surface area (Å²) in [6.45, 7) is 0.767. The predicted octanol–water partition coefficient (Wildman–Crippen LogP) is 3.12. The van der Waals surface area contributed by atoms with Crippen LogP contribution in [0.4, 0.5) is 5.69 Å². The van der Waals surface area contributed by atoms with E-state index in [1.807, 2.05) is 42.5 Å². The molecule has 110 valence electrons. The fourth-order valence-electron chi connectivity index (χ4n) is 2.56. The van der Waals surface area contributed by atoms with Gasteiger partial charge in [-0.25, -0.2) is 0 Å². The fraction of sp³-hybridized carbons (Fsp3) is 0.294. The zero-order valence-electron chi connectivity index (χ0n) is 12.0. The van der Waals surface area contributed by atoms with Crippen LogP contribution in [0.1, 0.15) is 23.6 Å². The van der Waals surface area contributed by atoms with Crippen molar-refractivity contribution in [2.45, 2.75) is 19.1 Å². The Balaban J connectivity index is 1.83. The molecule has 1 unspecified atom stereocenters. The molecule has 0 saturated carbocycles. The number of rotatable bonds is 4. The highest BCUT2D eigenvalue weighted by Gasteiger charge is 2.22. The number of methoxy groups -OCH3 is 1. The number of fused-ring (bicyclic) bond motifs is 1. The molecule has 0 radical (unpaired) electrons. The monoisotopic (exact) mass is 285 g/mol. The Labute approximate surface area is 124 Å². The first-order valence-corrected chi connectivity index (χ1v) is 7.07. The van der Waals surface area contributed by atoms with E-state index in [1.54, 1.807) is 7.11 Å². The molecule has 1 aliphatic rings. The smallest absolute Gasteiger partial charge is 0.124 e. The van der Waals surface area contributed by atoms with Gasteiger partial charge in [-0.3, -0.25) is 0 Å². The summed E-state index contributed by atoms with van der Waals surface area (Å²) in [5.74, 6) is 1.74. The van der Waals surface area contributed by atoms with Gasteiger partial charge >= 0.3 is 0 Å². The maximum absolute atomic E-state index is 9.09. The maximum Gasteiger partial charge on any atom is 0.124 e. The van der Waals surface area contributed by atoms with Crippen LogP contribution >= 0.6 is 0 Å². The first-order chi connectivity index (χ1) is 10.3. The number of aliphatic hydroxyl groups is 1. The minimum atomic E-state index is 0.0670. The van der Waals surface area contributed by atoms with Crippen LogP contribution < -0.4 is 14.8 Å². The lowest BCUT2D eigenvalue weighted by Crippen LogP contribution is -2.20. The number of anilines is 1. The van der Waals surface area contributed by atoms with Gasteiger partial charge in [-0.1, -0.05) is 12.1 Å². The lowest BCUT2D eigenvalue weighted by atomic mass is 9.99. The van der Waals surface area contributed by atoms with E-state index >= 15 is 0 Å². The summed E-state index contributed by atoms with van der Waals surface area (Å²) in [7, 11) is 1.67. The van der Waals surface area contributed by atoms with Crippen molar-refractivity contribution in [3.63, 3.8) is 0 Å². The highest BCUT2D eigenvalue weighted by atomic mass is 16.5. The predicted molar refractivity (Wildman–Crippen MR) is 81.8 cm³/mol. The molecule has 3 rings (SSSR count). The van der Waals surface area contributed by atoms with E-state index in [1.165, 1.54) is 0 Å². The minimum absolute atomic E-state index is 0.0670. The van der Waals surface area contributed by atoms with Gasteiger partial charge in [0.05, 0.1) is 26.4 Å². The second kappa shape index (κ2) is 6.06. The van der Waals surface area contributed by atoms with Crippen LogP contribution in [0.15, 0.2) is 42.5 Å². The van der Waals surface area contributed by atoms with Gasteiger partial charge in [0, 0.05) is 17.7 Å². The highest BCUT2D eigenvalue weighted by molar-refractivity contribution is 5.51. The topological polar surface area (TPSA) is 50.7 Å². The van der Waals surface area contributed by atoms with Gasteiger partial charge in [0.1, 0.15) is 11.5 Å². The second-order valence-corrected chi connectivity index (χ2v) is 5.09. The Morgan fingerprint density at radius 1 is 1.24 bits per heavy atom. The normalized spacial score (nSPS) is 16.8. The zero-order valence-corrected chi connectivity index (χ0v) is 12.0. The molecule has 21 heavy (non-hydrogen) atoms. The van der Waals surface area contributed by atoms with E-state index in [9.17, 15) is 0 Å². The van der Waals surface area contributed by atoms with E-state index in [0.29, 0.717) is 6.61 Å². The van der Waals surface area contributed by atoms with Crippen molar-refractivity contribution in [3.8, 4) is 11.5 Å². The number of hydrogen-bond donors (Lipinski definition) is 2. The Bertz CT molecular complexity index is 610. The molecule has 4 nitrogen and oxygen atoms in total. The van der Waals surface area contributed by atoms with Crippen molar-refractivity contribution in [2.75, 3.05) is 19.0 Å². The van der Waals surface area contributed by atoms with E-state index in [-0.39, 0.29) is 12.6 Å². The molecule has 0 aromatic heterocycles. The van der Waals surface area contributed by atoms with Gasteiger partial charge in [-0.05, 0) is 35.9 Å².